The van der Waals surface area contributed by atoms with Crippen LogP contribution in [0.1, 0.15) is 37.0 Å². The predicted octanol–water partition coefficient (Wildman–Crippen LogP) is 2.70. The van der Waals surface area contributed by atoms with Gasteiger partial charge in [0.2, 0.25) is 0 Å². The number of piperidine rings is 1. The lowest BCUT2D eigenvalue weighted by Gasteiger charge is -2.37. The van der Waals surface area contributed by atoms with Crippen molar-refractivity contribution in [3.05, 3.63) is 29.8 Å². The molecule has 1 aliphatic rings. The van der Waals surface area contributed by atoms with Gasteiger partial charge in [0.05, 0.1) is 6.54 Å². The number of likely N-dealkylation sites (tertiary alicyclic amines) is 1. The van der Waals surface area contributed by atoms with Crippen LogP contribution in [0.2, 0.25) is 0 Å². The van der Waals surface area contributed by atoms with Gasteiger partial charge in [-0.3, -0.25) is 9.69 Å². The van der Waals surface area contributed by atoms with Gasteiger partial charge in [0.25, 0.3) is 0 Å². The van der Waals surface area contributed by atoms with E-state index in [4.69, 9.17) is 0 Å². The maximum absolute atomic E-state index is 12.2. The first-order valence-electron chi connectivity index (χ1n) is 6.64. The van der Waals surface area contributed by atoms with Crippen LogP contribution in [-0.4, -0.2) is 34.9 Å². The summed E-state index contributed by atoms with van der Waals surface area (Å²) >= 11 is 0. The highest BCUT2D eigenvalue weighted by molar-refractivity contribution is 5.97. The lowest BCUT2D eigenvalue weighted by molar-refractivity contribution is 0.0779. The lowest BCUT2D eigenvalue weighted by atomic mass is 9.91. The third-order valence-electron chi connectivity index (χ3n) is 4.04. The summed E-state index contributed by atoms with van der Waals surface area (Å²) in [6.07, 6.45) is 2.43. The minimum Gasteiger partial charge on any atom is -0.508 e. The number of phenols is 1. The second kappa shape index (κ2) is 5.53. The second-order valence-electron chi connectivity index (χ2n) is 5.30. The first-order valence-corrected chi connectivity index (χ1v) is 6.64. The van der Waals surface area contributed by atoms with Gasteiger partial charge >= 0.3 is 0 Å². The zero-order valence-electron chi connectivity index (χ0n) is 11.1. The molecule has 3 heteroatoms. The molecule has 2 rings (SSSR count). The van der Waals surface area contributed by atoms with Crippen LogP contribution in [0.25, 0.3) is 0 Å². The molecule has 1 heterocycles. The predicted molar refractivity (Wildman–Crippen MR) is 71.9 cm³/mol. The summed E-state index contributed by atoms with van der Waals surface area (Å²) < 4.78 is 0. The van der Waals surface area contributed by atoms with E-state index in [0.717, 1.165) is 6.54 Å². The molecule has 1 aromatic carbocycles. The van der Waals surface area contributed by atoms with E-state index in [1.54, 1.807) is 24.3 Å². The molecule has 0 bridgehead atoms. The molecule has 0 amide bonds. The Kier molecular flexibility index (Phi) is 4.02. The average Bonchev–Trinajstić information content (AvgIpc) is 2.36. The molecule has 0 radical (unpaired) electrons. The van der Waals surface area contributed by atoms with Crippen LogP contribution in [0.3, 0.4) is 0 Å². The molecular weight excluding hydrogens is 226 g/mol. The number of benzene rings is 1. The third-order valence-corrected chi connectivity index (χ3v) is 4.04. The standard InChI is InChI=1S/C15H21NO2/c1-11-4-3-9-16(12(11)2)10-15(18)13-5-7-14(17)8-6-13/h5-8,11-12,17H,3-4,9-10H2,1-2H3. The second-order valence-corrected chi connectivity index (χ2v) is 5.30. The number of Topliss-reactive ketones (excluding diaryl/α,β-unsaturated/α-hetero) is 1. The summed E-state index contributed by atoms with van der Waals surface area (Å²) in [5.41, 5.74) is 0.679. The molecular formula is C15H21NO2. The van der Waals surface area contributed by atoms with Gasteiger partial charge in [-0.2, -0.15) is 0 Å². The van der Waals surface area contributed by atoms with Gasteiger partial charge in [-0.05, 0) is 56.5 Å². The zero-order chi connectivity index (χ0) is 13.1. The molecule has 0 aromatic heterocycles. The molecule has 0 aliphatic carbocycles. The number of phenolic OH excluding ortho intramolecular Hbond substituents is 1. The van der Waals surface area contributed by atoms with Crippen molar-refractivity contribution in [3.63, 3.8) is 0 Å². The molecule has 98 valence electrons. The molecule has 2 atom stereocenters. The van der Waals surface area contributed by atoms with E-state index in [2.05, 4.69) is 18.7 Å². The number of ketones is 1. The summed E-state index contributed by atoms with van der Waals surface area (Å²) in [6.45, 7) is 5.95. The highest BCUT2D eigenvalue weighted by Crippen LogP contribution is 2.23. The Morgan fingerprint density at radius 3 is 2.67 bits per heavy atom. The first-order chi connectivity index (χ1) is 8.58. The molecule has 1 saturated heterocycles. The minimum atomic E-state index is 0.135. The van der Waals surface area contributed by atoms with Crippen molar-refractivity contribution in [1.82, 2.24) is 4.90 Å². The normalized spacial score (nSPS) is 25.0. The van der Waals surface area contributed by atoms with Gasteiger partial charge in [-0.15, -0.1) is 0 Å². The summed E-state index contributed by atoms with van der Waals surface area (Å²) in [4.78, 5) is 14.4. The molecule has 2 unspecified atom stereocenters. The van der Waals surface area contributed by atoms with Crippen LogP contribution < -0.4 is 0 Å². The topological polar surface area (TPSA) is 40.5 Å². The number of nitrogens with zero attached hydrogens (tertiary/aromatic N) is 1. The van der Waals surface area contributed by atoms with E-state index >= 15 is 0 Å². The summed E-state index contributed by atoms with van der Waals surface area (Å²) in [5.74, 6) is 0.994. The van der Waals surface area contributed by atoms with E-state index in [0.29, 0.717) is 24.1 Å². The number of hydrogen-bond donors (Lipinski definition) is 1. The molecule has 18 heavy (non-hydrogen) atoms. The van der Waals surface area contributed by atoms with E-state index in [9.17, 15) is 9.90 Å². The van der Waals surface area contributed by atoms with Crippen molar-refractivity contribution in [2.24, 2.45) is 5.92 Å². The Labute approximate surface area is 108 Å². The van der Waals surface area contributed by atoms with Crippen molar-refractivity contribution in [1.29, 1.82) is 0 Å². The number of carbonyl (C=O) groups excluding carboxylic acids is 1. The quantitative estimate of drug-likeness (QED) is 0.835. The van der Waals surface area contributed by atoms with Crippen LogP contribution in [0.15, 0.2) is 24.3 Å². The smallest absolute Gasteiger partial charge is 0.176 e. The molecule has 1 aromatic rings. The van der Waals surface area contributed by atoms with Crippen molar-refractivity contribution < 1.29 is 9.90 Å². The number of aromatic hydroxyl groups is 1. The largest absolute Gasteiger partial charge is 0.508 e. The molecule has 1 aliphatic heterocycles. The maximum atomic E-state index is 12.2. The molecule has 1 fully saturated rings. The lowest BCUT2D eigenvalue weighted by Crippen LogP contribution is -2.44. The van der Waals surface area contributed by atoms with Crippen LogP contribution in [0.4, 0.5) is 0 Å². The van der Waals surface area contributed by atoms with E-state index in [-0.39, 0.29) is 11.5 Å². The van der Waals surface area contributed by atoms with Crippen LogP contribution >= 0.6 is 0 Å². The van der Waals surface area contributed by atoms with Gasteiger partial charge in [0.1, 0.15) is 5.75 Å². The van der Waals surface area contributed by atoms with Gasteiger partial charge in [-0.1, -0.05) is 6.92 Å². The van der Waals surface area contributed by atoms with Gasteiger partial charge < -0.3 is 5.11 Å². The van der Waals surface area contributed by atoms with Crippen LogP contribution in [-0.2, 0) is 0 Å². The van der Waals surface area contributed by atoms with Gasteiger partial charge in [-0.25, -0.2) is 0 Å². The number of carbonyl (C=O) groups is 1. The average molecular weight is 247 g/mol. The Morgan fingerprint density at radius 2 is 2.00 bits per heavy atom. The van der Waals surface area contributed by atoms with Crippen molar-refractivity contribution in [2.45, 2.75) is 32.7 Å². The molecule has 0 saturated carbocycles. The molecule has 1 N–H and O–H groups in total. The summed E-state index contributed by atoms with van der Waals surface area (Å²) in [5, 5.41) is 9.21. The minimum absolute atomic E-state index is 0.135. The van der Waals surface area contributed by atoms with E-state index in [1.807, 2.05) is 0 Å². The Hall–Kier alpha value is -1.35. The van der Waals surface area contributed by atoms with Crippen molar-refractivity contribution in [2.75, 3.05) is 13.1 Å². The van der Waals surface area contributed by atoms with Crippen molar-refractivity contribution >= 4 is 5.78 Å². The van der Waals surface area contributed by atoms with Crippen LogP contribution in [0, 0.1) is 5.92 Å². The number of hydrogen-bond acceptors (Lipinski definition) is 3. The number of rotatable bonds is 3. The Bertz CT molecular complexity index is 413. The fourth-order valence-corrected chi connectivity index (χ4v) is 2.57. The highest BCUT2D eigenvalue weighted by Gasteiger charge is 2.26. The Balaban J connectivity index is 2.00. The highest BCUT2D eigenvalue weighted by atomic mass is 16.3. The van der Waals surface area contributed by atoms with E-state index < -0.39 is 0 Å². The molecule has 0 spiro atoms. The van der Waals surface area contributed by atoms with E-state index in [1.165, 1.54) is 12.8 Å². The SMILES string of the molecule is CC1CCCN(CC(=O)c2ccc(O)cc2)C1C. The summed E-state index contributed by atoms with van der Waals surface area (Å²) in [7, 11) is 0. The Morgan fingerprint density at radius 1 is 1.33 bits per heavy atom. The zero-order valence-corrected chi connectivity index (χ0v) is 11.1. The third kappa shape index (κ3) is 2.91. The first kappa shape index (κ1) is 13.1. The fraction of sp³-hybridized carbons (Fsp3) is 0.533. The van der Waals surface area contributed by atoms with Gasteiger partial charge in [0.15, 0.2) is 5.78 Å². The van der Waals surface area contributed by atoms with Gasteiger partial charge in [0, 0.05) is 11.6 Å². The van der Waals surface area contributed by atoms with Crippen molar-refractivity contribution in [3.8, 4) is 5.75 Å². The fourth-order valence-electron chi connectivity index (χ4n) is 2.57. The van der Waals surface area contributed by atoms with Crippen LogP contribution in [0.5, 0.6) is 5.75 Å². The summed E-state index contributed by atoms with van der Waals surface area (Å²) in [6, 6.07) is 6.98. The monoisotopic (exact) mass is 247 g/mol. The molecule has 3 nitrogen and oxygen atoms in total. The maximum Gasteiger partial charge on any atom is 0.176 e.